The van der Waals surface area contributed by atoms with Crippen molar-refractivity contribution in [2.24, 2.45) is 0 Å². The first-order valence-electron chi connectivity index (χ1n) is 18.6. The molecule has 0 fully saturated rings. The van der Waals surface area contributed by atoms with E-state index in [9.17, 15) is 0 Å². The lowest BCUT2D eigenvalue weighted by Crippen LogP contribution is -2.32. The summed E-state index contributed by atoms with van der Waals surface area (Å²) in [4.78, 5) is 21.6. The third kappa shape index (κ3) is 4.97. The summed E-state index contributed by atoms with van der Waals surface area (Å²) in [5, 5.41) is 2.31. The van der Waals surface area contributed by atoms with Crippen molar-refractivity contribution in [1.82, 2.24) is 15.0 Å². The van der Waals surface area contributed by atoms with Gasteiger partial charge in [0.2, 0.25) is 0 Å². The van der Waals surface area contributed by atoms with Crippen LogP contribution in [0.5, 0.6) is 0 Å². The van der Waals surface area contributed by atoms with Crippen LogP contribution in [0.3, 0.4) is 0 Å². The molecule has 260 valence electrons. The largest absolute Gasteiger partial charge is 0.238 e. The highest BCUT2D eigenvalue weighted by Gasteiger charge is 2.50. The number of nitrogens with zero attached hydrogens (tertiary/aromatic N) is 4. The number of hydrogen-bond acceptors (Lipinski definition) is 4. The predicted octanol–water partition coefficient (Wildman–Crippen LogP) is 13.1. The summed E-state index contributed by atoms with van der Waals surface area (Å²) in [5.41, 5.74) is 12.5. The van der Waals surface area contributed by atoms with Crippen molar-refractivity contribution in [2.75, 3.05) is 0 Å². The Morgan fingerprint density at radius 3 is 1.77 bits per heavy atom. The Hall–Kier alpha value is -7.13. The van der Waals surface area contributed by atoms with Gasteiger partial charge >= 0.3 is 0 Å². The lowest BCUT2D eigenvalue weighted by atomic mass is 9.67. The summed E-state index contributed by atoms with van der Waals surface area (Å²) in [6, 6.07) is 64.2. The van der Waals surface area contributed by atoms with Crippen LogP contribution >= 0.6 is 11.8 Å². The maximum atomic E-state index is 7.49. The van der Waals surface area contributed by atoms with Crippen LogP contribution in [0.1, 0.15) is 22.3 Å². The Balaban J connectivity index is 1.16. The zero-order valence-corrected chi connectivity index (χ0v) is 30.8. The average Bonchev–Trinajstić information content (AvgIpc) is 3.56. The topological polar surface area (TPSA) is 43.0 Å². The second kappa shape index (κ2) is 12.7. The third-order valence-electron chi connectivity index (χ3n) is 11.2. The number of rotatable bonds is 4. The molecule has 1 spiro atoms. The summed E-state index contributed by atoms with van der Waals surface area (Å²) < 4.78 is 0. The maximum Gasteiger partial charge on any atom is 0.187 e. The Morgan fingerprint density at radius 2 is 0.964 bits per heavy atom. The standard InChI is InChI=1S/C51H30N4S/c1-52-39-25-21-33(22-26-39)36-24-28-47-45(30-36)51(43-17-9-10-18-46(43)56-47)42-16-8-7-15-40(42)41-27-23-38(31-44(41)51)50-54-48(34-12-3-2-4-13-34)53-49(55-50)37-20-19-32-11-5-6-14-35(32)29-37/h2-31H. The van der Waals surface area contributed by atoms with Crippen molar-refractivity contribution >= 4 is 28.2 Å². The molecular formula is C51H30N4S. The second-order valence-corrected chi connectivity index (χ2v) is 15.3. The molecule has 0 bridgehead atoms. The number of benzene rings is 8. The molecule has 56 heavy (non-hydrogen) atoms. The van der Waals surface area contributed by atoms with E-state index in [1.54, 1.807) is 0 Å². The Morgan fingerprint density at radius 1 is 0.393 bits per heavy atom. The van der Waals surface area contributed by atoms with Crippen LogP contribution in [0, 0.1) is 6.57 Å². The minimum Gasteiger partial charge on any atom is -0.238 e. The minimum absolute atomic E-state index is 0.595. The van der Waals surface area contributed by atoms with Gasteiger partial charge in [0.05, 0.1) is 12.0 Å². The monoisotopic (exact) mass is 730 g/mol. The summed E-state index contributed by atoms with van der Waals surface area (Å²) in [7, 11) is 0. The van der Waals surface area contributed by atoms with Crippen molar-refractivity contribution in [3.05, 3.63) is 216 Å². The molecule has 9 aromatic rings. The quantitative estimate of drug-likeness (QED) is 0.169. The number of fused-ring (bicyclic) bond motifs is 10. The Bertz CT molecular complexity index is 3080. The van der Waals surface area contributed by atoms with Gasteiger partial charge in [-0.25, -0.2) is 19.8 Å². The zero-order chi connectivity index (χ0) is 37.2. The lowest BCUT2D eigenvalue weighted by Gasteiger charge is -2.40. The lowest BCUT2D eigenvalue weighted by molar-refractivity contribution is 0.723. The average molecular weight is 731 g/mol. The smallest absolute Gasteiger partial charge is 0.187 e. The molecule has 1 aliphatic carbocycles. The molecule has 2 heterocycles. The molecule has 0 saturated carbocycles. The molecule has 11 rings (SSSR count). The van der Waals surface area contributed by atoms with Crippen LogP contribution in [-0.2, 0) is 5.41 Å². The van der Waals surface area contributed by atoms with Gasteiger partial charge in [-0.15, -0.1) is 0 Å². The molecule has 4 nitrogen and oxygen atoms in total. The van der Waals surface area contributed by atoms with Crippen LogP contribution < -0.4 is 0 Å². The molecule has 1 unspecified atom stereocenters. The molecule has 1 aromatic heterocycles. The highest BCUT2D eigenvalue weighted by molar-refractivity contribution is 7.99. The van der Waals surface area contributed by atoms with E-state index in [-0.39, 0.29) is 0 Å². The van der Waals surface area contributed by atoms with E-state index in [1.165, 1.54) is 48.6 Å². The van der Waals surface area contributed by atoms with Crippen LogP contribution in [0.15, 0.2) is 192 Å². The van der Waals surface area contributed by atoms with Gasteiger partial charge in [-0.3, -0.25) is 0 Å². The van der Waals surface area contributed by atoms with E-state index in [0.29, 0.717) is 23.2 Å². The first-order valence-corrected chi connectivity index (χ1v) is 19.4. The normalized spacial score (nSPS) is 14.8. The molecule has 1 atom stereocenters. The summed E-state index contributed by atoms with van der Waals surface area (Å²) >= 11 is 1.83. The zero-order valence-electron chi connectivity index (χ0n) is 30.0. The minimum atomic E-state index is -0.595. The molecule has 8 aromatic carbocycles. The Labute approximate surface area is 329 Å². The van der Waals surface area contributed by atoms with E-state index in [0.717, 1.165) is 33.2 Å². The van der Waals surface area contributed by atoms with E-state index in [4.69, 9.17) is 21.5 Å². The second-order valence-electron chi connectivity index (χ2n) is 14.3. The van der Waals surface area contributed by atoms with Crippen LogP contribution in [0.4, 0.5) is 5.69 Å². The summed E-state index contributed by atoms with van der Waals surface area (Å²) in [5.74, 6) is 1.90. The fourth-order valence-corrected chi connectivity index (χ4v) is 9.80. The van der Waals surface area contributed by atoms with Crippen LogP contribution in [-0.4, -0.2) is 15.0 Å². The van der Waals surface area contributed by atoms with Crippen LogP contribution in [0.2, 0.25) is 0 Å². The van der Waals surface area contributed by atoms with Crippen molar-refractivity contribution in [2.45, 2.75) is 15.2 Å². The summed E-state index contributed by atoms with van der Waals surface area (Å²) in [6.07, 6.45) is 0. The van der Waals surface area contributed by atoms with E-state index in [2.05, 4.69) is 157 Å². The molecule has 1 aliphatic heterocycles. The van der Waals surface area contributed by atoms with Gasteiger partial charge in [-0.05, 0) is 85.6 Å². The van der Waals surface area contributed by atoms with Gasteiger partial charge < -0.3 is 0 Å². The first kappa shape index (κ1) is 32.3. The summed E-state index contributed by atoms with van der Waals surface area (Å²) in [6.45, 7) is 7.49. The fraction of sp³-hybridized carbons (Fsp3) is 0.0196. The van der Waals surface area contributed by atoms with Crippen molar-refractivity contribution in [3.8, 4) is 56.4 Å². The molecule has 0 radical (unpaired) electrons. The molecule has 5 heteroatoms. The maximum absolute atomic E-state index is 7.49. The third-order valence-corrected chi connectivity index (χ3v) is 12.4. The highest BCUT2D eigenvalue weighted by atomic mass is 32.2. The predicted molar refractivity (Wildman–Crippen MR) is 227 cm³/mol. The van der Waals surface area contributed by atoms with Gasteiger partial charge in [-0.1, -0.05) is 163 Å². The van der Waals surface area contributed by atoms with Crippen molar-refractivity contribution in [3.63, 3.8) is 0 Å². The molecule has 0 saturated heterocycles. The fourth-order valence-electron chi connectivity index (χ4n) is 8.63. The van der Waals surface area contributed by atoms with E-state index >= 15 is 0 Å². The van der Waals surface area contributed by atoms with Gasteiger partial charge in [0.25, 0.3) is 0 Å². The van der Waals surface area contributed by atoms with Gasteiger partial charge in [0.1, 0.15) is 0 Å². The van der Waals surface area contributed by atoms with Crippen LogP contribution in [0.25, 0.3) is 72.0 Å². The molecule has 0 amide bonds. The number of aromatic nitrogens is 3. The Kier molecular flexibility index (Phi) is 7.35. The van der Waals surface area contributed by atoms with Gasteiger partial charge in [-0.2, -0.15) is 0 Å². The molecule has 0 N–H and O–H groups in total. The van der Waals surface area contributed by atoms with Crippen molar-refractivity contribution in [1.29, 1.82) is 0 Å². The SMILES string of the molecule is [C-]#[N+]c1ccc(-c2ccc3c(c2)C2(c4ccccc4S3)c3ccccc3-c3ccc(-c4nc(-c5ccccc5)nc(-c5ccc6ccccc6c5)n4)cc32)cc1. The van der Waals surface area contributed by atoms with Gasteiger partial charge in [0.15, 0.2) is 23.2 Å². The highest BCUT2D eigenvalue weighted by Crippen LogP contribution is 2.62. The van der Waals surface area contributed by atoms with Gasteiger partial charge in [0, 0.05) is 26.5 Å². The van der Waals surface area contributed by atoms with E-state index < -0.39 is 5.41 Å². The molecule has 2 aliphatic rings. The first-order chi connectivity index (χ1) is 27.7. The van der Waals surface area contributed by atoms with E-state index in [1.807, 2.05) is 42.1 Å². The molecular weight excluding hydrogens is 701 g/mol. The number of hydrogen-bond donors (Lipinski definition) is 0. The van der Waals surface area contributed by atoms with Crippen molar-refractivity contribution < 1.29 is 0 Å².